The third kappa shape index (κ3) is 1.20. The Balaban J connectivity index is 2.99. The molecule has 13 heavy (non-hydrogen) atoms. The maximum absolute atomic E-state index is 11.1. The Kier molecular flexibility index (Phi) is 1.63. The minimum absolute atomic E-state index is 0.340. The van der Waals surface area contributed by atoms with E-state index in [2.05, 4.69) is 9.97 Å². The van der Waals surface area contributed by atoms with Crippen molar-refractivity contribution in [2.45, 2.75) is 0 Å². The number of thiophene rings is 1. The predicted molar refractivity (Wildman–Crippen MR) is 48.5 cm³/mol. The van der Waals surface area contributed by atoms with E-state index in [1.807, 2.05) is 0 Å². The highest BCUT2D eigenvalue weighted by Crippen LogP contribution is 2.17. The molecule has 0 aliphatic heterocycles. The average Bonchev–Trinajstić information content (AvgIpc) is 2.47. The zero-order chi connectivity index (χ0) is 9.42. The largest absolute Gasteiger partial charge is 0.326 e. The standard InChI is InChI=1S/C7H4N2O3S/c10-2-3-1-4-5(11)8-7(12)9-6(4)13-3/h1-2H,(H2,8,9,11,12). The van der Waals surface area contributed by atoms with Crippen LogP contribution in [0.3, 0.4) is 0 Å². The molecule has 6 heteroatoms. The van der Waals surface area contributed by atoms with Gasteiger partial charge in [0.15, 0.2) is 6.29 Å². The number of aromatic nitrogens is 2. The molecular formula is C7H4N2O3S. The minimum atomic E-state index is -0.559. The van der Waals surface area contributed by atoms with E-state index < -0.39 is 11.2 Å². The summed E-state index contributed by atoms with van der Waals surface area (Å²) in [5.41, 5.74) is -1.03. The van der Waals surface area contributed by atoms with Crippen LogP contribution in [0.2, 0.25) is 0 Å². The van der Waals surface area contributed by atoms with Crippen LogP contribution in [0.1, 0.15) is 9.67 Å². The van der Waals surface area contributed by atoms with E-state index in [0.29, 0.717) is 21.4 Å². The first-order chi connectivity index (χ1) is 6.20. The molecule has 0 spiro atoms. The van der Waals surface area contributed by atoms with Gasteiger partial charge in [-0.25, -0.2) is 4.79 Å². The molecule has 66 valence electrons. The van der Waals surface area contributed by atoms with Gasteiger partial charge in [0.05, 0.1) is 10.3 Å². The normalized spacial score (nSPS) is 10.5. The summed E-state index contributed by atoms with van der Waals surface area (Å²) in [5, 5.41) is 0.340. The van der Waals surface area contributed by atoms with Crippen LogP contribution < -0.4 is 11.2 Å². The third-order valence-electron chi connectivity index (χ3n) is 1.57. The van der Waals surface area contributed by atoms with Crippen molar-refractivity contribution in [3.05, 3.63) is 31.8 Å². The van der Waals surface area contributed by atoms with Gasteiger partial charge in [0.1, 0.15) is 4.83 Å². The Morgan fingerprint density at radius 1 is 1.31 bits per heavy atom. The molecule has 2 aromatic heterocycles. The molecule has 0 unspecified atom stereocenters. The minimum Gasteiger partial charge on any atom is -0.298 e. The molecule has 0 bridgehead atoms. The van der Waals surface area contributed by atoms with Crippen LogP contribution in [0.5, 0.6) is 0 Å². The van der Waals surface area contributed by atoms with Crippen LogP contribution in [0.4, 0.5) is 0 Å². The Bertz CT molecular complexity index is 577. The van der Waals surface area contributed by atoms with Gasteiger partial charge in [0, 0.05) is 0 Å². The summed E-state index contributed by atoms with van der Waals surface area (Å²) in [4.78, 5) is 37.7. The fourth-order valence-corrected chi connectivity index (χ4v) is 1.90. The maximum atomic E-state index is 11.1. The van der Waals surface area contributed by atoms with E-state index in [0.717, 1.165) is 11.3 Å². The van der Waals surface area contributed by atoms with E-state index in [1.54, 1.807) is 0 Å². The monoisotopic (exact) mass is 196 g/mol. The van der Waals surface area contributed by atoms with Crippen molar-refractivity contribution >= 4 is 27.8 Å². The molecule has 0 aromatic carbocycles. The lowest BCUT2D eigenvalue weighted by Crippen LogP contribution is -2.20. The number of fused-ring (bicyclic) bond motifs is 1. The first-order valence-corrected chi connectivity index (χ1v) is 4.23. The molecule has 5 nitrogen and oxygen atoms in total. The Labute approximate surface area is 75.0 Å². The second-order valence-electron chi connectivity index (χ2n) is 2.42. The van der Waals surface area contributed by atoms with Gasteiger partial charge in [0.2, 0.25) is 0 Å². The first-order valence-electron chi connectivity index (χ1n) is 3.42. The smallest absolute Gasteiger partial charge is 0.298 e. The highest BCUT2D eigenvalue weighted by molar-refractivity contribution is 7.20. The molecule has 0 saturated heterocycles. The van der Waals surface area contributed by atoms with E-state index in [-0.39, 0.29) is 0 Å². The topological polar surface area (TPSA) is 82.8 Å². The molecule has 2 aromatic rings. The second-order valence-corrected chi connectivity index (χ2v) is 3.50. The summed E-state index contributed by atoms with van der Waals surface area (Å²) in [6.07, 6.45) is 0.641. The van der Waals surface area contributed by atoms with E-state index in [4.69, 9.17) is 0 Å². The lowest BCUT2D eigenvalue weighted by atomic mass is 10.4. The lowest BCUT2D eigenvalue weighted by Gasteiger charge is -1.84. The van der Waals surface area contributed by atoms with Crippen LogP contribution in [0.25, 0.3) is 10.2 Å². The quantitative estimate of drug-likeness (QED) is 0.634. The number of carbonyl (C=O) groups excluding carboxylic acids is 1. The summed E-state index contributed by atoms with van der Waals surface area (Å²) in [7, 11) is 0. The van der Waals surface area contributed by atoms with Gasteiger partial charge in [-0.2, -0.15) is 0 Å². The van der Waals surface area contributed by atoms with Gasteiger partial charge in [0.25, 0.3) is 5.56 Å². The van der Waals surface area contributed by atoms with Crippen molar-refractivity contribution in [3.63, 3.8) is 0 Å². The van der Waals surface area contributed by atoms with E-state index >= 15 is 0 Å². The number of hydrogen-bond acceptors (Lipinski definition) is 4. The van der Waals surface area contributed by atoms with Crippen molar-refractivity contribution in [2.75, 3.05) is 0 Å². The second kappa shape index (κ2) is 2.67. The first kappa shape index (κ1) is 7.93. The SMILES string of the molecule is O=Cc1cc2c(=O)[nH]c(=O)[nH]c2s1. The molecule has 0 aliphatic carbocycles. The van der Waals surface area contributed by atoms with Gasteiger partial charge in [-0.15, -0.1) is 11.3 Å². The van der Waals surface area contributed by atoms with Crippen molar-refractivity contribution in [1.82, 2.24) is 9.97 Å². The maximum Gasteiger partial charge on any atom is 0.326 e. The van der Waals surface area contributed by atoms with Crippen molar-refractivity contribution < 1.29 is 4.79 Å². The van der Waals surface area contributed by atoms with Crippen molar-refractivity contribution in [3.8, 4) is 0 Å². The molecule has 0 aliphatic rings. The van der Waals surface area contributed by atoms with E-state index in [1.165, 1.54) is 6.07 Å². The molecule has 0 saturated carbocycles. The van der Waals surface area contributed by atoms with Crippen molar-refractivity contribution in [1.29, 1.82) is 0 Å². The number of hydrogen-bond donors (Lipinski definition) is 2. The zero-order valence-corrected chi connectivity index (χ0v) is 7.10. The van der Waals surface area contributed by atoms with Gasteiger partial charge < -0.3 is 0 Å². The molecule has 2 heterocycles. The van der Waals surface area contributed by atoms with Gasteiger partial charge in [-0.3, -0.25) is 19.6 Å². The number of rotatable bonds is 1. The van der Waals surface area contributed by atoms with Gasteiger partial charge >= 0.3 is 5.69 Å². The van der Waals surface area contributed by atoms with Gasteiger partial charge in [-0.1, -0.05) is 0 Å². The van der Waals surface area contributed by atoms with Crippen molar-refractivity contribution in [2.24, 2.45) is 0 Å². The molecule has 2 rings (SSSR count). The Morgan fingerprint density at radius 2 is 2.08 bits per heavy atom. The summed E-state index contributed by atoms with van der Waals surface area (Å²) in [5.74, 6) is 0. The van der Waals surface area contributed by atoms with Crippen LogP contribution >= 0.6 is 11.3 Å². The fourth-order valence-electron chi connectivity index (χ4n) is 1.03. The molecule has 0 radical (unpaired) electrons. The molecule has 0 atom stereocenters. The number of H-pyrrole nitrogens is 2. The molecule has 0 fully saturated rings. The summed E-state index contributed by atoms with van der Waals surface area (Å²) >= 11 is 1.08. The van der Waals surface area contributed by atoms with Gasteiger partial charge in [-0.05, 0) is 6.07 Å². The number of carbonyl (C=O) groups is 1. The highest BCUT2D eigenvalue weighted by atomic mass is 32.1. The average molecular weight is 196 g/mol. The number of aldehydes is 1. The van der Waals surface area contributed by atoms with Crippen LogP contribution in [0.15, 0.2) is 15.7 Å². The van der Waals surface area contributed by atoms with E-state index in [9.17, 15) is 14.4 Å². The molecule has 0 amide bonds. The Hall–Kier alpha value is -1.69. The predicted octanol–water partition coefficient (Wildman–Crippen LogP) is 0.0904. The third-order valence-corrected chi connectivity index (χ3v) is 2.54. The highest BCUT2D eigenvalue weighted by Gasteiger charge is 2.04. The molecular weight excluding hydrogens is 192 g/mol. The zero-order valence-electron chi connectivity index (χ0n) is 6.29. The van der Waals surface area contributed by atoms with Crippen LogP contribution in [-0.2, 0) is 0 Å². The summed E-state index contributed by atoms with van der Waals surface area (Å²) in [6, 6.07) is 1.45. The number of nitrogens with one attached hydrogen (secondary N) is 2. The van der Waals surface area contributed by atoms with Crippen LogP contribution in [0, 0.1) is 0 Å². The summed E-state index contributed by atoms with van der Waals surface area (Å²) in [6.45, 7) is 0. The Morgan fingerprint density at radius 3 is 2.77 bits per heavy atom. The fraction of sp³-hybridized carbons (Fsp3) is 0. The lowest BCUT2D eigenvalue weighted by molar-refractivity contribution is 0.112. The van der Waals surface area contributed by atoms with Crippen LogP contribution in [-0.4, -0.2) is 16.3 Å². The summed E-state index contributed by atoms with van der Waals surface area (Å²) < 4.78 is 0. The molecule has 2 N–H and O–H groups in total. The number of aromatic amines is 2.